The molecule has 2 rings (SSSR count). The Bertz CT molecular complexity index is 528. The van der Waals surface area contributed by atoms with Crippen LogP contribution in [0.4, 0.5) is 0 Å². The van der Waals surface area contributed by atoms with Crippen LogP contribution in [0.3, 0.4) is 0 Å². The minimum absolute atomic E-state index is 0.0196. The third kappa shape index (κ3) is 4.34. The van der Waals surface area contributed by atoms with Crippen LogP contribution in [-0.4, -0.2) is 36.4 Å². The summed E-state index contributed by atoms with van der Waals surface area (Å²) in [4.78, 5) is 25.2. The number of hydrogen-bond donors (Lipinski definition) is 1. The van der Waals surface area contributed by atoms with E-state index in [1.165, 1.54) is 0 Å². The van der Waals surface area contributed by atoms with Crippen LogP contribution in [0.5, 0.6) is 5.75 Å². The number of allylic oxidation sites excluding steroid dienone is 1. The molecule has 0 fully saturated rings. The Morgan fingerprint density at radius 1 is 1.43 bits per heavy atom. The van der Waals surface area contributed by atoms with Gasteiger partial charge in [0.2, 0.25) is 5.91 Å². The number of hydrogen-bond acceptors (Lipinski definition) is 3. The molecule has 1 aromatic rings. The van der Waals surface area contributed by atoms with Gasteiger partial charge in [-0.3, -0.25) is 9.59 Å². The summed E-state index contributed by atoms with van der Waals surface area (Å²) < 4.78 is 5.48. The number of carbonyl (C=O) groups is 2. The molecule has 1 aliphatic rings. The summed E-state index contributed by atoms with van der Waals surface area (Å²) in [7, 11) is 0. The summed E-state index contributed by atoms with van der Waals surface area (Å²) in [5.74, 6) is 0.670. The largest absolute Gasteiger partial charge is 0.483 e. The fraction of sp³-hybridized carbons (Fsp3) is 0.375. The van der Waals surface area contributed by atoms with Crippen LogP contribution in [-0.2, 0) is 16.1 Å². The van der Waals surface area contributed by atoms with Crippen LogP contribution in [0.1, 0.15) is 18.4 Å². The molecule has 5 nitrogen and oxygen atoms in total. The summed E-state index contributed by atoms with van der Waals surface area (Å²) in [6.45, 7) is 5.07. The van der Waals surface area contributed by atoms with Crippen molar-refractivity contribution in [3.63, 3.8) is 0 Å². The molecule has 1 aliphatic heterocycles. The SMILES string of the molecule is C=CCCC(=O)NCCN1Cc2ccccc2OCC1=O. The normalized spacial score (nSPS) is 13.9. The lowest BCUT2D eigenvalue weighted by molar-refractivity contribution is -0.133. The second-order valence-corrected chi connectivity index (χ2v) is 4.89. The predicted molar refractivity (Wildman–Crippen MR) is 79.8 cm³/mol. The van der Waals surface area contributed by atoms with E-state index < -0.39 is 0 Å². The van der Waals surface area contributed by atoms with Crippen molar-refractivity contribution in [3.8, 4) is 5.75 Å². The Labute approximate surface area is 124 Å². The van der Waals surface area contributed by atoms with Crippen LogP contribution < -0.4 is 10.1 Å². The van der Waals surface area contributed by atoms with E-state index in [-0.39, 0.29) is 18.4 Å². The van der Waals surface area contributed by atoms with Crippen molar-refractivity contribution >= 4 is 11.8 Å². The molecule has 1 N–H and O–H groups in total. The molecule has 0 saturated carbocycles. The standard InChI is InChI=1S/C16H20N2O3/c1-2-3-8-15(19)17-9-10-18-11-13-6-4-5-7-14(13)21-12-16(18)20/h2,4-7H,1,3,8-12H2,(H,17,19). The van der Waals surface area contributed by atoms with E-state index in [0.717, 1.165) is 11.3 Å². The van der Waals surface area contributed by atoms with Gasteiger partial charge in [0.25, 0.3) is 5.91 Å². The third-order valence-electron chi connectivity index (χ3n) is 3.32. The maximum atomic E-state index is 12.0. The molecule has 2 amide bonds. The number of amides is 2. The molecule has 5 heteroatoms. The average Bonchev–Trinajstić information content (AvgIpc) is 2.65. The van der Waals surface area contributed by atoms with Crippen molar-refractivity contribution in [1.29, 1.82) is 0 Å². The van der Waals surface area contributed by atoms with Crippen LogP contribution in [0.15, 0.2) is 36.9 Å². The third-order valence-corrected chi connectivity index (χ3v) is 3.32. The van der Waals surface area contributed by atoms with Gasteiger partial charge in [-0.05, 0) is 12.5 Å². The fourth-order valence-corrected chi connectivity index (χ4v) is 2.16. The van der Waals surface area contributed by atoms with Gasteiger partial charge in [0.1, 0.15) is 5.75 Å². The average molecular weight is 288 g/mol. The molecule has 0 atom stereocenters. The number of fused-ring (bicyclic) bond motifs is 1. The van der Waals surface area contributed by atoms with Crippen molar-refractivity contribution in [1.82, 2.24) is 10.2 Å². The van der Waals surface area contributed by atoms with Crippen molar-refractivity contribution in [2.45, 2.75) is 19.4 Å². The Hall–Kier alpha value is -2.30. The highest BCUT2D eigenvalue weighted by Crippen LogP contribution is 2.22. The molecule has 0 saturated heterocycles. The maximum Gasteiger partial charge on any atom is 0.260 e. The minimum atomic E-state index is -0.0634. The van der Waals surface area contributed by atoms with E-state index in [9.17, 15) is 9.59 Å². The van der Waals surface area contributed by atoms with Crippen molar-refractivity contribution in [2.75, 3.05) is 19.7 Å². The number of ether oxygens (including phenoxy) is 1. The van der Waals surface area contributed by atoms with Gasteiger partial charge in [0.15, 0.2) is 6.61 Å². The van der Waals surface area contributed by atoms with E-state index >= 15 is 0 Å². The lowest BCUT2D eigenvalue weighted by Gasteiger charge is -2.20. The lowest BCUT2D eigenvalue weighted by atomic mass is 10.2. The van der Waals surface area contributed by atoms with Crippen LogP contribution >= 0.6 is 0 Å². The highest BCUT2D eigenvalue weighted by Gasteiger charge is 2.20. The smallest absolute Gasteiger partial charge is 0.260 e. The number of para-hydroxylation sites is 1. The molecule has 1 aromatic carbocycles. The van der Waals surface area contributed by atoms with E-state index in [2.05, 4.69) is 11.9 Å². The zero-order valence-electron chi connectivity index (χ0n) is 12.0. The lowest BCUT2D eigenvalue weighted by Crippen LogP contribution is -2.39. The molecular formula is C16H20N2O3. The first kappa shape index (κ1) is 15.1. The Morgan fingerprint density at radius 3 is 3.05 bits per heavy atom. The highest BCUT2D eigenvalue weighted by molar-refractivity contribution is 5.79. The molecule has 0 bridgehead atoms. The number of rotatable bonds is 6. The highest BCUT2D eigenvalue weighted by atomic mass is 16.5. The fourth-order valence-electron chi connectivity index (χ4n) is 2.16. The minimum Gasteiger partial charge on any atom is -0.483 e. The molecule has 0 spiro atoms. The van der Waals surface area contributed by atoms with Gasteiger partial charge in [0.05, 0.1) is 0 Å². The summed E-state index contributed by atoms with van der Waals surface area (Å²) in [5, 5.41) is 2.81. The monoisotopic (exact) mass is 288 g/mol. The summed E-state index contributed by atoms with van der Waals surface area (Å²) in [6, 6.07) is 7.62. The second-order valence-electron chi connectivity index (χ2n) is 4.89. The summed E-state index contributed by atoms with van der Waals surface area (Å²) >= 11 is 0. The predicted octanol–water partition coefficient (Wildman–Crippen LogP) is 1.49. The van der Waals surface area contributed by atoms with E-state index in [1.807, 2.05) is 24.3 Å². The first-order valence-corrected chi connectivity index (χ1v) is 7.07. The first-order chi connectivity index (χ1) is 10.2. The van der Waals surface area contributed by atoms with Crippen molar-refractivity contribution in [2.24, 2.45) is 0 Å². The Balaban J connectivity index is 1.86. The molecule has 112 valence electrons. The van der Waals surface area contributed by atoms with Crippen LogP contribution in [0.2, 0.25) is 0 Å². The molecule has 0 aliphatic carbocycles. The quantitative estimate of drug-likeness (QED) is 0.807. The van der Waals surface area contributed by atoms with Gasteiger partial charge in [0, 0.05) is 31.6 Å². The van der Waals surface area contributed by atoms with Gasteiger partial charge in [-0.2, -0.15) is 0 Å². The van der Waals surface area contributed by atoms with Crippen molar-refractivity contribution < 1.29 is 14.3 Å². The molecular weight excluding hydrogens is 268 g/mol. The topological polar surface area (TPSA) is 58.6 Å². The zero-order chi connectivity index (χ0) is 15.1. The number of benzene rings is 1. The number of carbonyl (C=O) groups excluding carboxylic acids is 2. The van der Waals surface area contributed by atoms with E-state index in [1.54, 1.807) is 11.0 Å². The summed E-state index contributed by atoms with van der Waals surface area (Å²) in [5.41, 5.74) is 0.987. The number of nitrogens with zero attached hydrogens (tertiary/aromatic N) is 1. The van der Waals surface area contributed by atoms with Gasteiger partial charge < -0.3 is 15.0 Å². The van der Waals surface area contributed by atoms with Gasteiger partial charge >= 0.3 is 0 Å². The molecule has 0 unspecified atom stereocenters. The van der Waals surface area contributed by atoms with E-state index in [4.69, 9.17) is 4.74 Å². The van der Waals surface area contributed by atoms with Gasteiger partial charge in [-0.1, -0.05) is 24.3 Å². The van der Waals surface area contributed by atoms with Crippen molar-refractivity contribution in [3.05, 3.63) is 42.5 Å². The molecule has 1 heterocycles. The summed E-state index contributed by atoms with van der Waals surface area (Å²) in [6.07, 6.45) is 2.81. The first-order valence-electron chi connectivity index (χ1n) is 7.07. The second kappa shape index (κ2) is 7.47. The van der Waals surface area contributed by atoms with Crippen LogP contribution in [0, 0.1) is 0 Å². The Morgan fingerprint density at radius 2 is 2.24 bits per heavy atom. The molecule has 0 radical (unpaired) electrons. The molecule has 0 aromatic heterocycles. The zero-order valence-corrected chi connectivity index (χ0v) is 12.0. The molecule has 21 heavy (non-hydrogen) atoms. The number of nitrogens with one attached hydrogen (secondary N) is 1. The van der Waals surface area contributed by atoms with Gasteiger partial charge in [-0.15, -0.1) is 6.58 Å². The maximum absolute atomic E-state index is 12.0. The van der Waals surface area contributed by atoms with Gasteiger partial charge in [-0.25, -0.2) is 0 Å². The Kier molecular flexibility index (Phi) is 5.37. The van der Waals surface area contributed by atoms with Crippen LogP contribution in [0.25, 0.3) is 0 Å². The van der Waals surface area contributed by atoms with E-state index in [0.29, 0.717) is 32.5 Å².